The van der Waals surface area contributed by atoms with E-state index < -0.39 is 0 Å². The number of hydrogen-bond acceptors (Lipinski definition) is 6. The van der Waals surface area contributed by atoms with Crippen molar-refractivity contribution in [1.82, 2.24) is 14.8 Å². The summed E-state index contributed by atoms with van der Waals surface area (Å²) < 4.78 is 18.6. The van der Waals surface area contributed by atoms with Crippen LogP contribution in [0.2, 0.25) is 0 Å². The third-order valence-corrected chi connectivity index (χ3v) is 4.95. The number of nitrogens with one attached hydrogen (secondary N) is 1. The van der Waals surface area contributed by atoms with Crippen LogP contribution in [-0.4, -0.2) is 46.4 Å². The van der Waals surface area contributed by atoms with E-state index in [-0.39, 0.29) is 11.8 Å². The fourth-order valence-electron chi connectivity index (χ4n) is 2.71. The molecule has 142 valence electrons. The number of aromatic amines is 1. The number of rotatable bonds is 10. The third kappa shape index (κ3) is 5.28. The van der Waals surface area contributed by atoms with Crippen molar-refractivity contribution >= 4 is 11.8 Å². The van der Waals surface area contributed by atoms with Gasteiger partial charge in [0, 0.05) is 12.4 Å². The van der Waals surface area contributed by atoms with Crippen molar-refractivity contribution in [2.24, 2.45) is 0 Å². The summed E-state index contributed by atoms with van der Waals surface area (Å²) in [6.07, 6.45) is 3.13. The van der Waals surface area contributed by atoms with E-state index >= 15 is 0 Å². The van der Waals surface area contributed by atoms with E-state index in [0.29, 0.717) is 30.7 Å². The van der Waals surface area contributed by atoms with E-state index in [1.54, 1.807) is 4.57 Å². The van der Waals surface area contributed by atoms with E-state index in [2.05, 4.69) is 17.1 Å². The van der Waals surface area contributed by atoms with Crippen LogP contribution in [0.25, 0.3) is 0 Å². The summed E-state index contributed by atoms with van der Waals surface area (Å²) in [6, 6.07) is 7.62. The first-order valence-corrected chi connectivity index (χ1v) is 10.00. The first-order chi connectivity index (χ1) is 12.8. The number of H-pyrrole nitrogens is 1. The molecule has 2 heterocycles. The Labute approximate surface area is 157 Å². The summed E-state index contributed by atoms with van der Waals surface area (Å²) in [5.74, 6) is 2.35. The Hall–Kier alpha value is -1.93. The normalized spacial score (nSPS) is 16.7. The lowest BCUT2D eigenvalue weighted by molar-refractivity contribution is 0.0941. The number of aromatic nitrogens is 3. The number of nitrogens with zero attached hydrogens (tertiary/aromatic N) is 2. The average Bonchev–Trinajstić information content (AvgIpc) is 3.29. The quantitative estimate of drug-likeness (QED) is 0.505. The van der Waals surface area contributed by atoms with Crippen LogP contribution in [0.4, 0.5) is 0 Å². The Morgan fingerprint density at radius 3 is 2.65 bits per heavy atom. The van der Waals surface area contributed by atoms with Gasteiger partial charge in [-0.15, -0.1) is 5.10 Å². The number of ether oxygens (including phenoxy) is 3. The lowest BCUT2D eigenvalue weighted by Crippen LogP contribution is -2.25. The van der Waals surface area contributed by atoms with Crippen LogP contribution in [0.3, 0.4) is 0 Å². The highest BCUT2D eigenvalue weighted by Crippen LogP contribution is 2.20. The molecule has 8 heteroatoms. The van der Waals surface area contributed by atoms with Crippen LogP contribution in [0.5, 0.6) is 11.5 Å². The van der Waals surface area contributed by atoms with Gasteiger partial charge in [0.2, 0.25) is 0 Å². The van der Waals surface area contributed by atoms with Crippen molar-refractivity contribution in [2.75, 3.05) is 25.6 Å². The maximum Gasteiger partial charge on any atom is 0.344 e. The average molecular weight is 379 g/mol. The molecule has 26 heavy (non-hydrogen) atoms. The van der Waals surface area contributed by atoms with Gasteiger partial charge >= 0.3 is 5.69 Å². The lowest BCUT2D eigenvalue weighted by Gasteiger charge is -2.11. The highest BCUT2D eigenvalue weighted by atomic mass is 32.2. The number of hydrogen-bond donors (Lipinski definition) is 1. The van der Waals surface area contributed by atoms with E-state index in [1.165, 1.54) is 11.8 Å². The second kappa shape index (κ2) is 9.68. The molecule has 1 aromatic heterocycles. The molecule has 0 amide bonds. The molecular formula is C18H25N3O4S. The summed E-state index contributed by atoms with van der Waals surface area (Å²) in [5, 5.41) is 7.30. The van der Waals surface area contributed by atoms with Gasteiger partial charge in [-0.25, -0.2) is 9.89 Å². The minimum Gasteiger partial charge on any atom is -0.494 e. The highest BCUT2D eigenvalue weighted by Gasteiger charge is 2.19. The van der Waals surface area contributed by atoms with E-state index in [9.17, 15) is 4.79 Å². The first kappa shape index (κ1) is 18.8. The molecule has 7 nitrogen and oxygen atoms in total. The maximum atomic E-state index is 11.9. The molecule has 1 aromatic carbocycles. The molecule has 0 unspecified atom stereocenters. The Kier molecular flexibility index (Phi) is 7.02. The minimum absolute atomic E-state index is 0.106. The topological polar surface area (TPSA) is 78.4 Å². The largest absolute Gasteiger partial charge is 0.494 e. The molecule has 3 rings (SSSR count). The van der Waals surface area contributed by atoms with E-state index in [4.69, 9.17) is 14.2 Å². The zero-order valence-corrected chi connectivity index (χ0v) is 15.8. The van der Waals surface area contributed by atoms with Gasteiger partial charge in [0.15, 0.2) is 5.16 Å². The highest BCUT2D eigenvalue weighted by molar-refractivity contribution is 7.99. The van der Waals surface area contributed by atoms with Crippen LogP contribution in [-0.2, 0) is 11.3 Å². The van der Waals surface area contributed by atoms with Crippen LogP contribution in [0, 0.1) is 0 Å². The zero-order chi connectivity index (χ0) is 18.2. The second-order valence-electron chi connectivity index (χ2n) is 6.07. The van der Waals surface area contributed by atoms with Crippen molar-refractivity contribution in [2.45, 2.75) is 44.0 Å². The van der Waals surface area contributed by atoms with Gasteiger partial charge in [-0.3, -0.25) is 4.57 Å². The Morgan fingerprint density at radius 2 is 2.00 bits per heavy atom. The third-order valence-electron chi connectivity index (χ3n) is 4.01. The summed E-state index contributed by atoms with van der Waals surface area (Å²) in [5.41, 5.74) is -0.188. The molecule has 0 aliphatic carbocycles. The van der Waals surface area contributed by atoms with Crippen molar-refractivity contribution in [3.05, 3.63) is 34.7 Å². The second-order valence-corrected chi connectivity index (χ2v) is 7.14. The maximum absolute atomic E-state index is 11.9. The van der Waals surface area contributed by atoms with Crippen LogP contribution in [0.1, 0.15) is 26.2 Å². The summed E-state index contributed by atoms with van der Waals surface area (Å²) in [6.45, 7) is 4.65. The van der Waals surface area contributed by atoms with Gasteiger partial charge in [-0.05, 0) is 43.5 Å². The Balaban J connectivity index is 1.44. The first-order valence-electron chi connectivity index (χ1n) is 9.01. The molecule has 1 N–H and O–H groups in total. The summed E-state index contributed by atoms with van der Waals surface area (Å²) in [7, 11) is 0. The Morgan fingerprint density at radius 1 is 1.27 bits per heavy atom. The summed E-state index contributed by atoms with van der Waals surface area (Å²) in [4.78, 5) is 11.9. The van der Waals surface area contributed by atoms with Crippen molar-refractivity contribution in [3.63, 3.8) is 0 Å². The molecule has 1 saturated heterocycles. The van der Waals surface area contributed by atoms with Crippen LogP contribution >= 0.6 is 11.8 Å². The molecule has 1 aliphatic heterocycles. The predicted molar refractivity (Wildman–Crippen MR) is 100 cm³/mol. The fraction of sp³-hybridized carbons (Fsp3) is 0.556. The monoisotopic (exact) mass is 379 g/mol. The predicted octanol–water partition coefficient (Wildman–Crippen LogP) is 2.71. The smallest absolute Gasteiger partial charge is 0.344 e. The molecule has 0 saturated carbocycles. The minimum atomic E-state index is -0.188. The molecule has 0 bridgehead atoms. The summed E-state index contributed by atoms with van der Waals surface area (Å²) >= 11 is 1.50. The van der Waals surface area contributed by atoms with Gasteiger partial charge in [-0.2, -0.15) is 0 Å². The molecule has 1 aliphatic rings. The molecular weight excluding hydrogens is 354 g/mol. The van der Waals surface area contributed by atoms with E-state index in [1.807, 2.05) is 24.3 Å². The van der Waals surface area contributed by atoms with Crippen molar-refractivity contribution in [1.29, 1.82) is 0 Å². The lowest BCUT2D eigenvalue weighted by atomic mass is 10.2. The van der Waals surface area contributed by atoms with Gasteiger partial charge in [0.1, 0.15) is 11.5 Å². The molecule has 1 fully saturated rings. The van der Waals surface area contributed by atoms with Gasteiger partial charge in [0.25, 0.3) is 0 Å². The van der Waals surface area contributed by atoms with Gasteiger partial charge in [0.05, 0.1) is 25.9 Å². The van der Waals surface area contributed by atoms with E-state index in [0.717, 1.165) is 37.4 Å². The molecule has 0 radical (unpaired) electrons. The molecule has 0 spiro atoms. The van der Waals surface area contributed by atoms with Crippen molar-refractivity contribution < 1.29 is 14.2 Å². The molecule has 2 aromatic rings. The Bertz CT molecular complexity index is 723. The van der Waals surface area contributed by atoms with Gasteiger partial charge < -0.3 is 14.2 Å². The zero-order valence-electron chi connectivity index (χ0n) is 15.0. The van der Waals surface area contributed by atoms with Crippen LogP contribution < -0.4 is 15.2 Å². The van der Waals surface area contributed by atoms with Crippen molar-refractivity contribution in [3.8, 4) is 11.5 Å². The molecule has 1 atom stereocenters. The van der Waals surface area contributed by atoms with Gasteiger partial charge in [-0.1, -0.05) is 18.7 Å². The number of thioether (sulfide) groups is 1. The number of benzene rings is 1. The van der Waals surface area contributed by atoms with Crippen LogP contribution in [0.15, 0.2) is 34.2 Å². The fourth-order valence-corrected chi connectivity index (χ4v) is 3.48. The SMILES string of the molecule is CCCOc1ccc(OCCSc2n[nH]c(=O)n2C[C@H]2CCCO2)cc1. The standard InChI is InChI=1S/C18H25N3O4S/c1-2-9-23-14-5-7-15(8-6-14)25-11-12-26-18-20-19-17(22)21(18)13-16-4-3-10-24-16/h5-8,16H,2-4,9-13H2,1H3,(H,19,22)/t16-/m1/s1.